The topological polar surface area (TPSA) is 78.2 Å². The summed E-state index contributed by atoms with van der Waals surface area (Å²) in [6.45, 7) is 3.44. The largest absolute Gasteiger partial charge is 0.507 e. The first kappa shape index (κ1) is 15.3. The SMILES string of the molecule is Cc1cc(/C=C(/C#N)S(=O)(=O)c2cccs2)cc(C)c1O. The van der Waals surface area contributed by atoms with E-state index in [1.165, 1.54) is 12.1 Å². The maximum Gasteiger partial charge on any atom is 0.226 e. The van der Waals surface area contributed by atoms with Crippen LogP contribution in [-0.4, -0.2) is 13.5 Å². The predicted octanol–water partition coefficient (Wildman–Crippen LogP) is 3.41. The van der Waals surface area contributed by atoms with Crippen molar-refractivity contribution in [1.29, 1.82) is 5.26 Å². The zero-order chi connectivity index (χ0) is 15.6. The summed E-state index contributed by atoms with van der Waals surface area (Å²) in [5, 5.41) is 20.6. The van der Waals surface area contributed by atoms with Crippen molar-refractivity contribution in [3.63, 3.8) is 0 Å². The number of phenolic OH excluding ortho intramolecular Hbond substituents is 1. The number of allylic oxidation sites excluding steroid dienone is 1. The van der Waals surface area contributed by atoms with E-state index >= 15 is 0 Å². The van der Waals surface area contributed by atoms with Gasteiger partial charge in [-0.25, -0.2) is 8.42 Å². The number of phenols is 1. The van der Waals surface area contributed by atoms with Gasteiger partial charge in [0.1, 0.15) is 16.0 Å². The smallest absolute Gasteiger partial charge is 0.226 e. The number of sulfone groups is 1. The standard InChI is InChI=1S/C15H13NO3S2/c1-10-6-12(7-11(2)15(10)17)8-13(9-16)21(18,19)14-4-3-5-20-14/h3-8,17H,1-2H3/b13-8-. The summed E-state index contributed by atoms with van der Waals surface area (Å²) in [5.74, 6) is 0.173. The first-order valence-electron chi connectivity index (χ1n) is 6.07. The van der Waals surface area contributed by atoms with E-state index in [1.807, 2.05) is 0 Å². The Morgan fingerprint density at radius 1 is 1.33 bits per heavy atom. The maximum absolute atomic E-state index is 12.3. The number of thiophene rings is 1. The van der Waals surface area contributed by atoms with Crippen molar-refractivity contribution in [3.8, 4) is 11.8 Å². The fraction of sp³-hybridized carbons (Fsp3) is 0.133. The molecule has 0 bridgehead atoms. The molecule has 6 heteroatoms. The third kappa shape index (κ3) is 2.99. The van der Waals surface area contributed by atoms with Crippen LogP contribution in [0.1, 0.15) is 16.7 Å². The quantitative estimate of drug-likeness (QED) is 0.879. The van der Waals surface area contributed by atoms with Gasteiger partial charge in [-0.05, 0) is 60.2 Å². The van der Waals surface area contributed by atoms with Crippen LogP contribution in [0.15, 0.2) is 38.8 Å². The first-order chi connectivity index (χ1) is 9.86. The number of hydrogen-bond donors (Lipinski definition) is 1. The minimum Gasteiger partial charge on any atom is -0.507 e. The maximum atomic E-state index is 12.3. The molecule has 21 heavy (non-hydrogen) atoms. The minimum absolute atomic E-state index is 0.141. The molecule has 1 aromatic carbocycles. The van der Waals surface area contributed by atoms with E-state index in [9.17, 15) is 18.8 Å². The third-order valence-corrected chi connectivity index (χ3v) is 6.03. The van der Waals surface area contributed by atoms with E-state index in [-0.39, 0.29) is 14.9 Å². The lowest BCUT2D eigenvalue weighted by Crippen LogP contribution is -2.01. The summed E-state index contributed by atoms with van der Waals surface area (Å²) in [6, 6.07) is 8.13. The van der Waals surface area contributed by atoms with Crippen LogP contribution in [0.25, 0.3) is 6.08 Å². The number of hydrogen-bond acceptors (Lipinski definition) is 5. The molecule has 0 atom stereocenters. The van der Waals surface area contributed by atoms with Gasteiger partial charge in [0.25, 0.3) is 0 Å². The van der Waals surface area contributed by atoms with Crippen LogP contribution in [-0.2, 0) is 9.84 Å². The van der Waals surface area contributed by atoms with E-state index in [0.717, 1.165) is 11.3 Å². The molecule has 0 saturated carbocycles. The van der Waals surface area contributed by atoms with Crippen LogP contribution in [0.5, 0.6) is 5.75 Å². The van der Waals surface area contributed by atoms with E-state index < -0.39 is 9.84 Å². The Morgan fingerprint density at radius 3 is 2.43 bits per heavy atom. The molecule has 0 spiro atoms. The third-order valence-electron chi connectivity index (χ3n) is 2.97. The van der Waals surface area contributed by atoms with E-state index in [0.29, 0.717) is 16.7 Å². The van der Waals surface area contributed by atoms with Crippen molar-refractivity contribution in [2.75, 3.05) is 0 Å². The summed E-state index contributed by atoms with van der Waals surface area (Å²) >= 11 is 1.07. The van der Waals surface area contributed by atoms with Gasteiger partial charge in [0.05, 0.1) is 0 Å². The Bertz CT molecular complexity index is 819. The summed E-state index contributed by atoms with van der Waals surface area (Å²) in [7, 11) is -3.79. The van der Waals surface area contributed by atoms with E-state index in [2.05, 4.69) is 0 Å². The lowest BCUT2D eigenvalue weighted by atomic mass is 10.1. The molecular weight excluding hydrogens is 306 g/mol. The summed E-state index contributed by atoms with van der Waals surface area (Å²) in [6.07, 6.45) is 1.33. The summed E-state index contributed by atoms with van der Waals surface area (Å²) in [5.41, 5.74) is 1.83. The van der Waals surface area contributed by atoms with E-state index in [1.54, 1.807) is 43.5 Å². The lowest BCUT2D eigenvalue weighted by molar-refractivity contribution is 0.467. The summed E-state index contributed by atoms with van der Waals surface area (Å²) < 4.78 is 24.8. The zero-order valence-electron chi connectivity index (χ0n) is 11.5. The monoisotopic (exact) mass is 319 g/mol. The Kier molecular flexibility index (Phi) is 4.16. The highest BCUT2D eigenvalue weighted by Crippen LogP contribution is 2.28. The van der Waals surface area contributed by atoms with Gasteiger partial charge in [-0.1, -0.05) is 6.07 Å². The Balaban J connectivity index is 2.55. The molecule has 4 nitrogen and oxygen atoms in total. The van der Waals surface area contributed by atoms with Crippen molar-refractivity contribution in [2.24, 2.45) is 0 Å². The molecule has 0 amide bonds. The lowest BCUT2D eigenvalue weighted by Gasteiger charge is -2.05. The molecule has 2 aromatic rings. The van der Waals surface area contributed by atoms with Crippen molar-refractivity contribution in [1.82, 2.24) is 0 Å². The van der Waals surface area contributed by atoms with Gasteiger partial charge in [-0.2, -0.15) is 5.26 Å². The number of nitriles is 1. The zero-order valence-corrected chi connectivity index (χ0v) is 13.1. The summed E-state index contributed by atoms with van der Waals surface area (Å²) in [4.78, 5) is -0.311. The average molecular weight is 319 g/mol. The molecular formula is C15H13NO3S2. The van der Waals surface area contributed by atoms with Crippen LogP contribution < -0.4 is 0 Å². The van der Waals surface area contributed by atoms with Crippen LogP contribution >= 0.6 is 11.3 Å². The van der Waals surface area contributed by atoms with E-state index in [4.69, 9.17) is 0 Å². The number of nitrogens with zero attached hydrogens (tertiary/aromatic N) is 1. The van der Waals surface area contributed by atoms with Crippen molar-refractivity contribution >= 4 is 27.3 Å². The number of benzene rings is 1. The second-order valence-electron chi connectivity index (χ2n) is 4.56. The van der Waals surface area contributed by atoms with Crippen LogP contribution in [0.3, 0.4) is 0 Å². The highest BCUT2D eigenvalue weighted by Gasteiger charge is 2.21. The van der Waals surface area contributed by atoms with Gasteiger partial charge in [0, 0.05) is 0 Å². The predicted molar refractivity (Wildman–Crippen MR) is 82.7 cm³/mol. The molecule has 0 unspecified atom stereocenters. The molecule has 1 heterocycles. The fourth-order valence-electron chi connectivity index (χ4n) is 1.92. The number of rotatable bonds is 3. The number of aromatic hydroxyl groups is 1. The minimum atomic E-state index is -3.79. The first-order valence-corrected chi connectivity index (χ1v) is 8.43. The highest BCUT2D eigenvalue weighted by molar-refractivity contribution is 7.97. The van der Waals surface area contributed by atoms with Crippen LogP contribution in [0.2, 0.25) is 0 Å². The molecule has 0 aliphatic heterocycles. The molecule has 2 rings (SSSR count). The Labute approximate surface area is 127 Å². The highest BCUT2D eigenvalue weighted by atomic mass is 32.2. The van der Waals surface area contributed by atoms with Gasteiger partial charge in [0.2, 0.25) is 9.84 Å². The molecule has 0 aliphatic rings. The Morgan fingerprint density at radius 2 is 1.95 bits per heavy atom. The van der Waals surface area contributed by atoms with Gasteiger partial charge >= 0.3 is 0 Å². The molecule has 0 fully saturated rings. The van der Waals surface area contributed by atoms with Crippen molar-refractivity contribution in [2.45, 2.75) is 18.1 Å². The van der Waals surface area contributed by atoms with Gasteiger partial charge in [-0.3, -0.25) is 0 Å². The molecule has 1 N–H and O–H groups in total. The van der Waals surface area contributed by atoms with Crippen molar-refractivity contribution in [3.05, 3.63) is 51.2 Å². The molecule has 0 saturated heterocycles. The molecule has 0 aliphatic carbocycles. The van der Waals surface area contributed by atoms with Crippen LogP contribution in [0, 0.1) is 25.2 Å². The molecule has 1 aromatic heterocycles. The normalized spacial score (nSPS) is 12.1. The van der Waals surface area contributed by atoms with Gasteiger partial charge < -0.3 is 5.11 Å². The fourth-order valence-corrected chi connectivity index (χ4v) is 4.20. The Hall–Kier alpha value is -2.10. The van der Waals surface area contributed by atoms with Gasteiger partial charge in [-0.15, -0.1) is 11.3 Å². The second kappa shape index (κ2) is 5.72. The second-order valence-corrected chi connectivity index (χ2v) is 7.65. The van der Waals surface area contributed by atoms with Crippen LogP contribution in [0.4, 0.5) is 0 Å². The average Bonchev–Trinajstić information content (AvgIpc) is 2.96. The van der Waals surface area contributed by atoms with Gasteiger partial charge in [0.15, 0.2) is 4.91 Å². The van der Waals surface area contributed by atoms with Crippen molar-refractivity contribution < 1.29 is 13.5 Å². The molecule has 0 radical (unpaired) electrons. The number of aryl methyl sites for hydroxylation is 2. The molecule has 108 valence electrons.